The maximum absolute atomic E-state index is 9.99. The zero-order chi connectivity index (χ0) is 13.7. The summed E-state index contributed by atoms with van der Waals surface area (Å²) >= 11 is 0. The highest BCUT2D eigenvalue weighted by atomic mass is 16.3. The summed E-state index contributed by atoms with van der Waals surface area (Å²) in [4.78, 5) is 2.46. The summed E-state index contributed by atoms with van der Waals surface area (Å²) in [5, 5.41) is 13.5. The number of hydrogen-bond donors (Lipinski definition) is 2. The number of aromatic hydroxyl groups is 1. The van der Waals surface area contributed by atoms with Gasteiger partial charge in [-0.05, 0) is 51.4 Å². The van der Waals surface area contributed by atoms with Crippen molar-refractivity contribution in [3.8, 4) is 5.75 Å². The summed E-state index contributed by atoms with van der Waals surface area (Å²) in [7, 11) is 0. The zero-order valence-corrected chi connectivity index (χ0v) is 12.1. The summed E-state index contributed by atoms with van der Waals surface area (Å²) in [5.41, 5.74) is 1.04. The standard InChI is InChI=1S/C16H26N2O/c1-3-18(12-14-7-6-10-17-11-14)13(2)15-8-4-5-9-16(15)19/h4-5,8-9,13-14,17,19H,3,6-7,10-12H2,1-2H3. The van der Waals surface area contributed by atoms with Crippen molar-refractivity contribution in [3.05, 3.63) is 29.8 Å². The van der Waals surface area contributed by atoms with Crippen molar-refractivity contribution in [2.24, 2.45) is 5.92 Å². The van der Waals surface area contributed by atoms with E-state index in [1.807, 2.05) is 18.2 Å². The molecule has 0 aliphatic carbocycles. The van der Waals surface area contributed by atoms with Crippen LogP contribution in [0.1, 0.15) is 38.3 Å². The van der Waals surface area contributed by atoms with Crippen LogP contribution in [-0.2, 0) is 0 Å². The fraction of sp³-hybridized carbons (Fsp3) is 0.625. The minimum atomic E-state index is 0.271. The van der Waals surface area contributed by atoms with Gasteiger partial charge >= 0.3 is 0 Å². The van der Waals surface area contributed by atoms with Crippen LogP contribution in [0.5, 0.6) is 5.75 Å². The number of para-hydroxylation sites is 1. The minimum Gasteiger partial charge on any atom is -0.508 e. The van der Waals surface area contributed by atoms with E-state index in [9.17, 15) is 5.11 Å². The van der Waals surface area contributed by atoms with Gasteiger partial charge in [0.25, 0.3) is 0 Å². The maximum atomic E-state index is 9.99. The average Bonchev–Trinajstić information content (AvgIpc) is 2.46. The molecule has 3 heteroatoms. The Morgan fingerprint density at radius 3 is 2.84 bits per heavy atom. The van der Waals surface area contributed by atoms with Crippen LogP contribution in [0.2, 0.25) is 0 Å². The minimum absolute atomic E-state index is 0.271. The van der Waals surface area contributed by atoms with Crippen molar-refractivity contribution in [3.63, 3.8) is 0 Å². The van der Waals surface area contributed by atoms with Crippen LogP contribution in [0.15, 0.2) is 24.3 Å². The normalized spacial score (nSPS) is 21.5. The van der Waals surface area contributed by atoms with Gasteiger partial charge in [-0.25, -0.2) is 0 Å². The second-order valence-corrected chi connectivity index (χ2v) is 5.53. The van der Waals surface area contributed by atoms with Crippen molar-refractivity contribution < 1.29 is 5.11 Å². The van der Waals surface area contributed by atoms with Crippen LogP contribution < -0.4 is 5.32 Å². The van der Waals surface area contributed by atoms with Crippen LogP contribution in [0, 0.1) is 5.92 Å². The molecule has 1 fully saturated rings. The van der Waals surface area contributed by atoms with Crippen LogP contribution in [0.25, 0.3) is 0 Å². The Bertz CT molecular complexity index is 388. The molecule has 1 aliphatic rings. The van der Waals surface area contributed by atoms with Crippen molar-refractivity contribution in [2.75, 3.05) is 26.2 Å². The third-order valence-electron chi connectivity index (χ3n) is 4.23. The van der Waals surface area contributed by atoms with Gasteiger partial charge in [-0.1, -0.05) is 25.1 Å². The quantitative estimate of drug-likeness (QED) is 0.856. The third-order valence-corrected chi connectivity index (χ3v) is 4.23. The van der Waals surface area contributed by atoms with Crippen LogP contribution in [0.3, 0.4) is 0 Å². The summed E-state index contributed by atoms with van der Waals surface area (Å²) in [5.74, 6) is 1.15. The van der Waals surface area contributed by atoms with E-state index in [-0.39, 0.29) is 6.04 Å². The molecule has 2 N–H and O–H groups in total. The Balaban J connectivity index is 2.02. The summed E-state index contributed by atoms with van der Waals surface area (Å²) in [6, 6.07) is 7.96. The van der Waals surface area contributed by atoms with Gasteiger partial charge in [0.1, 0.15) is 5.75 Å². The highest BCUT2D eigenvalue weighted by Gasteiger charge is 2.21. The predicted molar refractivity (Wildman–Crippen MR) is 79.4 cm³/mol. The van der Waals surface area contributed by atoms with E-state index in [1.165, 1.54) is 12.8 Å². The maximum Gasteiger partial charge on any atom is 0.120 e. The van der Waals surface area contributed by atoms with Crippen molar-refractivity contribution in [1.82, 2.24) is 10.2 Å². The first-order chi connectivity index (χ1) is 9.22. The average molecular weight is 262 g/mol. The van der Waals surface area contributed by atoms with E-state index < -0.39 is 0 Å². The smallest absolute Gasteiger partial charge is 0.120 e. The summed E-state index contributed by atoms with van der Waals surface area (Å²) < 4.78 is 0. The number of hydrogen-bond acceptors (Lipinski definition) is 3. The largest absolute Gasteiger partial charge is 0.508 e. The number of benzene rings is 1. The summed E-state index contributed by atoms with van der Waals surface area (Å²) in [6.07, 6.45) is 2.60. The molecule has 1 aromatic carbocycles. The third kappa shape index (κ3) is 3.71. The topological polar surface area (TPSA) is 35.5 Å². The molecule has 1 aromatic rings. The number of phenolic OH excluding ortho intramolecular Hbond substituents is 1. The number of phenols is 1. The first kappa shape index (κ1) is 14.4. The van der Waals surface area contributed by atoms with E-state index in [2.05, 4.69) is 24.1 Å². The lowest BCUT2D eigenvalue weighted by atomic mass is 9.97. The molecule has 0 bridgehead atoms. The van der Waals surface area contributed by atoms with Crippen LogP contribution in [-0.4, -0.2) is 36.2 Å². The first-order valence-corrected chi connectivity index (χ1v) is 7.45. The fourth-order valence-corrected chi connectivity index (χ4v) is 3.01. The van der Waals surface area contributed by atoms with Crippen molar-refractivity contribution >= 4 is 0 Å². The van der Waals surface area contributed by atoms with Gasteiger partial charge in [-0.15, -0.1) is 0 Å². The number of nitrogens with zero attached hydrogens (tertiary/aromatic N) is 1. The SMILES string of the molecule is CCN(CC1CCCNC1)C(C)c1ccccc1O. The van der Waals surface area contributed by atoms with E-state index >= 15 is 0 Å². The van der Waals surface area contributed by atoms with Gasteiger partial charge in [0.15, 0.2) is 0 Å². The van der Waals surface area contributed by atoms with Gasteiger partial charge in [-0.3, -0.25) is 4.90 Å². The Kier molecular flexibility index (Phi) is 5.23. The Morgan fingerprint density at radius 2 is 2.21 bits per heavy atom. The number of rotatable bonds is 5. The van der Waals surface area contributed by atoms with Gasteiger partial charge < -0.3 is 10.4 Å². The number of nitrogens with one attached hydrogen (secondary N) is 1. The van der Waals surface area contributed by atoms with E-state index in [0.717, 1.165) is 37.7 Å². The molecular formula is C16H26N2O. The van der Waals surface area contributed by atoms with Crippen LogP contribution in [0.4, 0.5) is 0 Å². The molecule has 2 atom stereocenters. The molecule has 1 saturated heterocycles. The van der Waals surface area contributed by atoms with Gasteiger partial charge in [0.05, 0.1) is 0 Å². The predicted octanol–water partition coefficient (Wildman–Crippen LogP) is 2.77. The Hall–Kier alpha value is -1.06. The van der Waals surface area contributed by atoms with Crippen molar-refractivity contribution in [1.29, 1.82) is 0 Å². The molecule has 2 unspecified atom stereocenters. The molecule has 0 amide bonds. The molecule has 0 radical (unpaired) electrons. The lowest BCUT2D eigenvalue weighted by Gasteiger charge is -2.33. The first-order valence-electron chi connectivity index (χ1n) is 7.45. The molecule has 0 saturated carbocycles. The molecule has 0 spiro atoms. The lowest BCUT2D eigenvalue weighted by Crippen LogP contribution is -2.39. The molecule has 19 heavy (non-hydrogen) atoms. The molecule has 1 aliphatic heterocycles. The molecule has 1 heterocycles. The van der Waals surface area contributed by atoms with Gasteiger partial charge in [0.2, 0.25) is 0 Å². The van der Waals surface area contributed by atoms with Gasteiger partial charge in [-0.2, -0.15) is 0 Å². The zero-order valence-electron chi connectivity index (χ0n) is 12.1. The summed E-state index contributed by atoms with van der Waals surface area (Å²) in [6.45, 7) is 8.81. The van der Waals surface area contributed by atoms with Gasteiger partial charge in [0, 0.05) is 18.2 Å². The molecule has 3 nitrogen and oxygen atoms in total. The highest BCUT2D eigenvalue weighted by molar-refractivity contribution is 5.34. The Labute approximate surface area is 116 Å². The highest BCUT2D eigenvalue weighted by Crippen LogP contribution is 2.29. The number of piperidine rings is 1. The molecule has 0 aromatic heterocycles. The fourth-order valence-electron chi connectivity index (χ4n) is 3.01. The molecule has 106 valence electrons. The molecule has 2 rings (SSSR count). The van der Waals surface area contributed by atoms with Crippen molar-refractivity contribution in [2.45, 2.75) is 32.7 Å². The van der Waals surface area contributed by atoms with E-state index in [1.54, 1.807) is 6.07 Å². The lowest BCUT2D eigenvalue weighted by molar-refractivity contribution is 0.169. The van der Waals surface area contributed by atoms with E-state index in [4.69, 9.17) is 0 Å². The molecular weight excluding hydrogens is 236 g/mol. The van der Waals surface area contributed by atoms with Crippen LogP contribution >= 0.6 is 0 Å². The second-order valence-electron chi connectivity index (χ2n) is 5.53. The van der Waals surface area contributed by atoms with E-state index in [0.29, 0.717) is 5.75 Å². The second kappa shape index (κ2) is 6.92. The Morgan fingerprint density at radius 1 is 1.42 bits per heavy atom. The monoisotopic (exact) mass is 262 g/mol.